The van der Waals surface area contributed by atoms with Crippen LogP contribution in [-0.2, 0) is 0 Å². The van der Waals surface area contributed by atoms with E-state index in [1.54, 1.807) is 27.7 Å². The normalized spacial score (nSPS) is 12.2. The maximum atomic E-state index is 14.2. The summed E-state index contributed by atoms with van der Waals surface area (Å²) in [5.74, 6) is 0.967. The van der Waals surface area contributed by atoms with Crippen molar-refractivity contribution >= 4 is 34.2 Å². The lowest BCUT2D eigenvalue weighted by Gasteiger charge is -2.32. The second kappa shape index (κ2) is 12.9. The Balaban J connectivity index is 1.87. The Morgan fingerprint density at radius 3 is 2.20 bits per heavy atom. The Kier molecular flexibility index (Phi) is 9.54. The molecule has 216 valence electrons. The smallest absolute Gasteiger partial charge is 0.315 e. The number of carbonyl (C=O) groups is 1. The topological polar surface area (TPSA) is 67.2 Å². The lowest BCUT2D eigenvalue weighted by atomic mass is 9.92. The molecular formula is C34H41ClN4O2. The summed E-state index contributed by atoms with van der Waals surface area (Å²) in [6.07, 6.45) is 1.73. The van der Waals surface area contributed by atoms with Crippen molar-refractivity contribution in [3.63, 3.8) is 0 Å². The minimum Gasteiger partial charge on any atom is -0.315 e. The number of rotatable bonds is 9. The number of fused-ring (bicyclic) bond motifs is 1. The van der Waals surface area contributed by atoms with Gasteiger partial charge in [0.1, 0.15) is 5.82 Å². The van der Waals surface area contributed by atoms with Crippen molar-refractivity contribution in [2.75, 3.05) is 11.9 Å². The highest BCUT2D eigenvalue weighted by Crippen LogP contribution is 2.33. The first-order chi connectivity index (χ1) is 19.5. The van der Waals surface area contributed by atoms with Gasteiger partial charge in [0.2, 0.25) is 0 Å². The third kappa shape index (κ3) is 6.48. The molecule has 0 aliphatic carbocycles. The number of hydrogen-bond donors (Lipinski definition) is 1. The summed E-state index contributed by atoms with van der Waals surface area (Å²) in [6, 6.07) is 18.4. The molecule has 1 aromatic heterocycles. The van der Waals surface area contributed by atoms with Crippen LogP contribution in [0.25, 0.3) is 16.6 Å². The Labute approximate surface area is 248 Å². The molecule has 2 amide bonds. The standard InChI is InChI=1S/C34H41ClN4O2/c1-8-9-19-38(34(41)37-31-27(21(2)3)11-10-12-28(31)22(4)5)24(7)32-36-30-20-25(35)15-18-29(30)33(40)39(32)26-16-13-23(6)14-17-26/h10-18,20-22,24H,8-9,19H2,1-7H3,(H,37,41). The molecule has 0 saturated heterocycles. The van der Waals surface area contributed by atoms with E-state index in [0.717, 1.165) is 35.2 Å². The number of halogens is 1. The molecule has 4 aromatic rings. The number of anilines is 1. The molecule has 1 N–H and O–H groups in total. The van der Waals surface area contributed by atoms with Crippen LogP contribution in [0.2, 0.25) is 5.02 Å². The van der Waals surface area contributed by atoms with E-state index in [1.165, 1.54) is 0 Å². The highest BCUT2D eigenvalue weighted by Gasteiger charge is 2.28. The lowest BCUT2D eigenvalue weighted by molar-refractivity contribution is 0.188. The van der Waals surface area contributed by atoms with Crippen molar-refractivity contribution in [1.82, 2.24) is 14.5 Å². The van der Waals surface area contributed by atoms with Crippen LogP contribution in [0.4, 0.5) is 10.5 Å². The summed E-state index contributed by atoms with van der Waals surface area (Å²) in [4.78, 5) is 34.9. The zero-order valence-corrected chi connectivity index (χ0v) is 25.9. The van der Waals surface area contributed by atoms with Crippen molar-refractivity contribution in [3.8, 4) is 5.69 Å². The summed E-state index contributed by atoms with van der Waals surface area (Å²) in [5.41, 5.74) is 5.17. The molecule has 0 bridgehead atoms. The SMILES string of the molecule is CCCCN(C(=O)Nc1c(C(C)C)cccc1C(C)C)C(C)c1nc2cc(Cl)ccc2c(=O)n1-c1ccc(C)cc1. The van der Waals surface area contributed by atoms with Gasteiger partial charge in [-0.15, -0.1) is 0 Å². The largest absolute Gasteiger partial charge is 0.322 e. The Morgan fingerprint density at radius 2 is 1.61 bits per heavy atom. The molecule has 1 atom stereocenters. The monoisotopic (exact) mass is 572 g/mol. The molecular weight excluding hydrogens is 532 g/mol. The summed E-state index contributed by atoms with van der Waals surface area (Å²) < 4.78 is 1.63. The number of nitrogens with one attached hydrogen (secondary N) is 1. The van der Waals surface area contributed by atoms with E-state index in [9.17, 15) is 9.59 Å². The number of unbranched alkanes of at least 4 members (excludes halogenated alkanes) is 1. The predicted octanol–water partition coefficient (Wildman–Crippen LogP) is 8.99. The molecule has 0 spiro atoms. The second-order valence-electron chi connectivity index (χ2n) is 11.4. The van der Waals surface area contributed by atoms with Gasteiger partial charge in [-0.1, -0.05) is 88.5 Å². The zero-order chi connectivity index (χ0) is 29.8. The van der Waals surface area contributed by atoms with Crippen LogP contribution in [0.3, 0.4) is 0 Å². The van der Waals surface area contributed by atoms with Crippen molar-refractivity contribution in [2.24, 2.45) is 0 Å². The Morgan fingerprint density at radius 1 is 0.976 bits per heavy atom. The van der Waals surface area contributed by atoms with Gasteiger partial charge >= 0.3 is 6.03 Å². The van der Waals surface area contributed by atoms with E-state index in [-0.39, 0.29) is 23.4 Å². The van der Waals surface area contributed by atoms with E-state index < -0.39 is 6.04 Å². The number of aryl methyl sites for hydroxylation is 1. The summed E-state index contributed by atoms with van der Waals surface area (Å²) in [6.45, 7) is 15.1. The molecule has 0 aliphatic heterocycles. The third-order valence-corrected chi connectivity index (χ3v) is 7.84. The molecule has 1 heterocycles. The van der Waals surface area contributed by atoms with Crippen LogP contribution in [0.5, 0.6) is 0 Å². The van der Waals surface area contributed by atoms with Gasteiger partial charge in [0, 0.05) is 17.3 Å². The van der Waals surface area contributed by atoms with Crippen LogP contribution in [0, 0.1) is 6.92 Å². The van der Waals surface area contributed by atoms with E-state index >= 15 is 0 Å². The number of nitrogens with zero attached hydrogens (tertiary/aromatic N) is 3. The maximum absolute atomic E-state index is 14.2. The number of aromatic nitrogens is 2. The number of benzene rings is 3. The minimum atomic E-state index is -0.507. The van der Waals surface area contributed by atoms with E-state index in [2.05, 4.69) is 58.1 Å². The Bertz CT molecular complexity index is 1570. The first kappa shape index (κ1) is 30.3. The maximum Gasteiger partial charge on any atom is 0.322 e. The summed E-state index contributed by atoms with van der Waals surface area (Å²) in [7, 11) is 0. The number of carbonyl (C=O) groups excluding carboxylic acids is 1. The van der Waals surface area contributed by atoms with Gasteiger partial charge in [0.05, 0.1) is 22.6 Å². The summed E-state index contributed by atoms with van der Waals surface area (Å²) >= 11 is 6.31. The van der Waals surface area contributed by atoms with Gasteiger partial charge < -0.3 is 10.2 Å². The highest BCUT2D eigenvalue weighted by molar-refractivity contribution is 6.31. The van der Waals surface area contributed by atoms with Gasteiger partial charge in [0.15, 0.2) is 0 Å². The molecule has 6 nitrogen and oxygen atoms in total. The predicted molar refractivity (Wildman–Crippen MR) is 171 cm³/mol. The molecule has 0 aliphatic rings. The molecule has 3 aromatic carbocycles. The van der Waals surface area contributed by atoms with Gasteiger partial charge in [-0.2, -0.15) is 0 Å². The Hall–Kier alpha value is -3.64. The van der Waals surface area contributed by atoms with Crippen LogP contribution in [0.15, 0.2) is 65.5 Å². The molecule has 41 heavy (non-hydrogen) atoms. The van der Waals surface area contributed by atoms with Crippen molar-refractivity contribution < 1.29 is 4.79 Å². The second-order valence-corrected chi connectivity index (χ2v) is 11.8. The van der Waals surface area contributed by atoms with Gasteiger partial charge in [-0.25, -0.2) is 9.78 Å². The van der Waals surface area contributed by atoms with E-state index in [4.69, 9.17) is 16.6 Å². The van der Waals surface area contributed by atoms with Crippen LogP contribution >= 0.6 is 11.6 Å². The third-order valence-electron chi connectivity index (χ3n) is 7.61. The lowest BCUT2D eigenvalue weighted by Crippen LogP contribution is -2.40. The average Bonchev–Trinajstić information content (AvgIpc) is 2.93. The average molecular weight is 573 g/mol. The molecule has 0 saturated carbocycles. The number of para-hydroxylation sites is 1. The van der Waals surface area contributed by atoms with Gasteiger partial charge in [-0.3, -0.25) is 9.36 Å². The van der Waals surface area contributed by atoms with Crippen LogP contribution in [0.1, 0.15) is 94.8 Å². The van der Waals surface area contributed by atoms with Crippen molar-refractivity contribution in [1.29, 1.82) is 0 Å². The fraction of sp³-hybridized carbons (Fsp3) is 0.382. The zero-order valence-electron chi connectivity index (χ0n) is 25.2. The van der Waals surface area contributed by atoms with Crippen LogP contribution < -0.4 is 10.9 Å². The molecule has 0 fully saturated rings. The number of hydrogen-bond acceptors (Lipinski definition) is 3. The van der Waals surface area contributed by atoms with Gasteiger partial charge in [-0.05, 0) is 73.6 Å². The number of amides is 2. The number of urea groups is 1. The first-order valence-corrected chi connectivity index (χ1v) is 14.9. The molecule has 1 unspecified atom stereocenters. The molecule has 0 radical (unpaired) electrons. The van der Waals surface area contributed by atoms with Crippen LogP contribution in [-0.4, -0.2) is 27.0 Å². The first-order valence-electron chi connectivity index (χ1n) is 14.5. The van der Waals surface area contributed by atoms with Gasteiger partial charge in [0.25, 0.3) is 5.56 Å². The van der Waals surface area contributed by atoms with Crippen molar-refractivity contribution in [3.05, 3.63) is 98.6 Å². The highest BCUT2D eigenvalue weighted by atomic mass is 35.5. The quantitative estimate of drug-likeness (QED) is 0.217. The fourth-order valence-electron chi connectivity index (χ4n) is 5.21. The van der Waals surface area contributed by atoms with E-state index in [0.29, 0.717) is 34.0 Å². The molecule has 7 heteroatoms. The molecule has 4 rings (SSSR count). The summed E-state index contributed by atoms with van der Waals surface area (Å²) in [5, 5.41) is 4.26. The minimum absolute atomic E-state index is 0.194. The van der Waals surface area contributed by atoms with E-state index in [1.807, 2.05) is 38.1 Å². The fourth-order valence-corrected chi connectivity index (χ4v) is 5.38. The van der Waals surface area contributed by atoms with Crippen molar-refractivity contribution in [2.45, 2.75) is 79.2 Å².